The van der Waals surface area contributed by atoms with E-state index in [0.717, 1.165) is 43.3 Å². The zero-order valence-electron chi connectivity index (χ0n) is 13.0. The van der Waals surface area contributed by atoms with Crippen LogP contribution in [0.5, 0.6) is 0 Å². The van der Waals surface area contributed by atoms with Gasteiger partial charge in [0.1, 0.15) is 6.61 Å². The van der Waals surface area contributed by atoms with Gasteiger partial charge >= 0.3 is 6.09 Å². The number of hydrogen-bond donors (Lipinski definition) is 1. The number of nitrogens with zero attached hydrogens (tertiary/aromatic N) is 1. The fraction of sp³-hybridized carbons (Fsp3) is 0.611. The number of hydrogen-bond acceptors (Lipinski definition) is 3. The number of piperidine rings is 1. The van der Waals surface area contributed by atoms with Gasteiger partial charge in [-0.05, 0) is 49.0 Å². The molecule has 1 saturated carbocycles. The van der Waals surface area contributed by atoms with Crippen molar-refractivity contribution in [3.63, 3.8) is 0 Å². The standard InChI is InChI=1S/C18H25NO3/c20-12-15-10-17(11-15)16-6-8-19(9-7-16)18(21)22-13-14-4-2-1-3-5-14/h1-5,15-17,20H,6-13H2. The number of aliphatic hydroxyl groups excluding tert-OH is 1. The Morgan fingerprint density at radius 1 is 1.14 bits per heavy atom. The van der Waals surface area contributed by atoms with E-state index in [1.165, 1.54) is 12.8 Å². The maximum atomic E-state index is 12.1. The van der Waals surface area contributed by atoms with Gasteiger partial charge in [-0.15, -0.1) is 0 Å². The molecule has 1 saturated heterocycles. The molecule has 1 aliphatic carbocycles. The fourth-order valence-corrected chi connectivity index (χ4v) is 3.69. The zero-order valence-corrected chi connectivity index (χ0v) is 13.0. The average molecular weight is 303 g/mol. The molecule has 0 spiro atoms. The van der Waals surface area contributed by atoms with Crippen molar-refractivity contribution < 1.29 is 14.6 Å². The van der Waals surface area contributed by atoms with Gasteiger partial charge in [0, 0.05) is 19.7 Å². The number of likely N-dealkylation sites (tertiary alicyclic amines) is 1. The van der Waals surface area contributed by atoms with Gasteiger partial charge in [-0.1, -0.05) is 30.3 Å². The maximum absolute atomic E-state index is 12.1. The second-order valence-electron chi connectivity index (χ2n) is 6.64. The van der Waals surface area contributed by atoms with Crippen molar-refractivity contribution in [1.29, 1.82) is 0 Å². The van der Waals surface area contributed by atoms with E-state index < -0.39 is 0 Å². The zero-order chi connectivity index (χ0) is 15.4. The average Bonchev–Trinajstić information content (AvgIpc) is 2.53. The van der Waals surface area contributed by atoms with E-state index in [4.69, 9.17) is 9.84 Å². The molecule has 2 aliphatic rings. The summed E-state index contributed by atoms with van der Waals surface area (Å²) in [6.07, 6.45) is 4.29. The molecule has 22 heavy (non-hydrogen) atoms. The van der Waals surface area contributed by atoms with Gasteiger partial charge in [0.15, 0.2) is 0 Å². The third-order valence-electron chi connectivity index (χ3n) is 5.20. The molecule has 4 nitrogen and oxygen atoms in total. The quantitative estimate of drug-likeness (QED) is 0.930. The lowest BCUT2D eigenvalue weighted by Crippen LogP contribution is -2.43. The monoisotopic (exact) mass is 303 g/mol. The minimum absolute atomic E-state index is 0.191. The normalized spacial score (nSPS) is 25.6. The number of rotatable bonds is 4. The Hall–Kier alpha value is -1.55. The Morgan fingerprint density at radius 2 is 1.82 bits per heavy atom. The summed E-state index contributed by atoms with van der Waals surface area (Å²) in [6.45, 7) is 2.29. The first-order valence-electron chi connectivity index (χ1n) is 8.32. The lowest BCUT2D eigenvalue weighted by Gasteiger charge is -2.43. The van der Waals surface area contributed by atoms with Gasteiger partial charge in [-0.25, -0.2) is 4.79 Å². The molecule has 1 heterocycles. The summed E-state index contributed by atoms with van der Waals surface area (Å²) in [6, 6.07) is 9.79. The first-order chi connectivity index (χ1) is 10.8. The van der Waals surface area contributed by atoms with Gasteiger partial charge in [-0.2, -0.15) is 0 Å². The molecule has 0 aromatic heterocycles. The van der Waals surface area contributed by atoms with Crippen LogP contribution in [-0.4, -0.2) is 35.8 Å². The highest BCUT2D eigenvalue weighted by atomic mass is 16.6. The lowest BCUT2D eigenvalue weighted by molar-refractivity contribution is 0.0331. The number of benzene rings is 1. The number of amides is 1. The molecule has 1 aliphatic heterocycles. The summed E-state index contributed by atoms with van der Waals surface area (Å²) in [5.41, 5.74) is 1.02. The van der Waals surface area contributed by atoms with Crippen LogP contribution in [0.2, 0.25) is 0 Å². The minimum Gasteiger partial charge on any atom is -0.445 e. The molecule has 1 aromatic carbocycles. The van der Waals surface area contributed by atoms with E-state index in [1.807, 2.05) is 35.2 Å². The minimum atomic E-state index is -0.191. The highest BCUT2D eigenvalue weighted by Gasteiger charge is 2.36. The Bertz CT molecular complexity index is 476. The second-order valence-corrected chi connectivity index (χ2v) is 6.64. The van der Waals surface area contributed by atoms with Crippen LogP contribution in [0.25, 0.3) is 0 Å². The highest BCUT2D eigenvalue weighted by Crippen LogP contribution is 2.42. The van der Waals surface area contributed by atoms with Crippen LogP contribution >= 0.6 is 0 Å². The van der Waals surface area contributed by atoms with Gasteiger partial charge in [0.25, 0.3) is 0 Å². The van der Waals surface area contributed by atoms with Crippen LogP contribution in [0.4, 0.5) is 4.79 Å². The van der Waals surface area contributed by atoms with Gasteiger partial charge < -0.3 is 14.7 Å². The molecule has 120 valence electrons. The number of ether oxygens (including phenoxy) is 1. The molecule has 1 N–H and O–H groups in total. The predicted molar refractivity (Wildman–Crippen MR) is 84.2 cm³/mol. The summed E-state index contributed by atoms with van der Waals surface area (Å²) in [5.74, 6) is 2.01. The SMILES string of the molecule is O=C(OCc1ccccc1)N1CCC(C2CC(CO)C2)CC1. The summed E-state index contributed by atoms with van der Waals surface area (Å²) in [4.78, 5) is 13.9. The molecule has 1 aromatic rings. The Morgan fingerprint density at radius 3 is 2.45 bits per heavy atom. The molecular weight excluding hydrogens is 278 g/mol. The van der Waals surface area contributed by atoms with Gasteiger partial charge in [0.05, 0.1) is 0 Å². The van der Waals surface area contributed by atoms with Crippen LogP contribution in [0, 0.1) is 17.8 Å². The molecule has 0 atom stereocenters. The van der Waals surface area contributed by atoms with Crippen molar-refractivity contribution in [1.82, 2.24) is 4.90 Å². The van der Waals surface area contributed by atoms with Crippen LogP contribution in [0.15, 0.2) is 30.3 Å². The molecule has 0 unspecified atom stereocenters. The first-order valence-corrected chi connectivity index (χ1v) is 8.32. The highest BCUT2D eigenvalue weighted by molar-refractivity contribution is 5.67. The van der Waals surface area contributed by atoms with Crippen molar-refractivity contribution in [3.05, 3.63) is 35.9 Å². The first kappa shape index (κ1) is 15.3. The smallest absolute Gasteiger partial charge is 0.410 e. The molecule has 2 fully saturated rings. The third kappa shape index (κ3) is 3.61. The van der Waals surface area contributed by atoms with E-state index in [2.05, 4.69) is 0 Å². The molecule has 0 bridgehead atoms. The second kappa shape index (κ2) is 7.14. The molecule has 0 radical (unpaired) electrons. The van der Waals surface area contributed by atoms with Crippen LogP contribution in [0.3, 0.4) is 0 Å². The third-order valence-corrected chi connectivity index (χ3v) is 5.20. The van der Waals surface area contributed by atoms with Crippen LogP contribution < -0.4 is 0 Å². The summed E-state index contributed by atoms with van der Waals surface area (Å²) < 4.78 is 5.39. The number of carbonyl (C=O) groups excluding carboxylic acids is 1. The van der Waals surface area contributed by atoms with E-state index in [-0.39, 0.29) is 6.09 Å². The number of aliphatic hydroxyl groups is 1. The van der Waals surface area contributed by atoms with Crippen molar-refractivity contribution in [2.75, 3.05) is 19.7 Å². The van der Waals surface area contributed by atoms with E-state index in [0.29, 0.717) is 19.1 Å². The Labute approximate surface area is 132 Å². The maximum Gasteiger partial charge on any atom is 0.410 e. The molecular formula is C18H25NO3. The van der Waals surface area contributed by atoms with Gasteiger partial charge in [-0.3, -0.25) is 0 Å². The van der Waals surface area contributed by atoms with Crippen molar-refractivity contribution in [2.45, 2.75) is 32.3 Å². The van der Waals surface area contributed by atoms with Gasteiger partial charge in [0.2, 0.25) is 0 Å². The van der Waals surface area contributed by atoms with E-state index >= 15 is 0 Å². The van der Waals surface area contributed by atoms with Crippen molar-refractivity contribution in [2.24, 2.45) is 17.8 Å². The molecule has 1 amide bonds. The van der Waals surface area contributed by atoms with E-state index in [1.54, 1.807) is 0 Å². The van der Waals surface area contributed by atoms with Crippen LogP contribution in [0.1, 0.15) is 31.2 Å². The van der Waals surface area contributed by atoms with E-state index in [9.17, 15) is 4.79 Å². The Kier molecular flexibility index (Phi) is 4.98. The molecule has 3 rings (SSSR count). The lowest BCUT2D eigenvalue weighted by atomic mass is 9.66. The van der Waals surface area contributed by atoms with Crippen molar-refractivity contribution >= 4 is 6.09 Å². The Balaban J connectivity index is 1.39. The summed E-state index contributed by atoms with van der Waals surface area (Å²) in [7, 11) is 0. The summed E-state index contributed by atoms with van der Waals surface area (Å²) in [5, 5.41) is 9.10. The molecule has 4 heteroatoms. The summed E-state index contributed by atoms with van der Waals surface area (Å²) >= 11 is 0. The van der Waals surface area contributed by atoms with Crippen molar-refractivity contribution in [3.8, 4) is 0 Å². The fourth-order valence-electron chi connectivity index (χ4n) is 3.69. The number of carbonyl (C=O) groups is 1. The predicted octanol–water partition coefficient (Wildman–Crippen LogP) is 3.05. The van der Waals surface area contributed by atoms with Crippen LogP contribution in [-0.2, 0) is 11.3 Å². The largest absolute Gasteiger partial charge is 0.445 e. The topological polar surface area (TPSA) is 49.8 Å².